The molecule has 0 aliphatic rings. The third-order valence-corrected chi connectivity index (χ3v) is 3.87. The first-order valence-corrected chi connectivity index (χ1v) is 8.52. The average molecular weight is 359 g/mol. The number of rotatable bonds is 7. The number of methoxy groups -OCH3 is 1. The minimum Gasteiger partial charge on any atom is -0.493 e. The highest BCUT2D eigenvalue weighted by atomic mass is 19.1. The highest BCUT2D eigenvalue weighted by molar-refractivity contribution is 5.79. The molecule has 26 heavy (non-hydrogen) atoms. The summed E-state index contributed by atoms with van der Waals surface area (Å²) in [5.41, 5.74) is 1.49. The smallest absolute Gasteiger partial charge is 0.191 e. The standard InChI is InChI=1S/C20H26FN3O2/c1-14-9-10-16(11-17(14)21)13-24-20(22-3)23-12-15(2)26-19-8-6-5-7-18(19)25-4/h5-11,15H,12-13H2,1-4H3,(H2,22,23,24). The van der Waals surface area contributed by atoms with Crippen LogP contribution in [0.15, 0.2) is 47.5 Å². The Hall–Kier alpha value is -2.76. The van der Waals surface area contributed by atoms with E-state index in [1.165, 1.54) is 6.07 Å². The van der Waals surface area contributed by atoms with Crippen LogP contribution in [0.25, 0.3) is 0 Å². The van der Waals surface area contributed by atoms with Crippen LogP contribution in [0.4, 0.5) is 4.39 Å². The second-order valence-electron chi connectivity index (χ2n) is 5.97. The Balaban J connectivity index is 1.83. The molecule has 0 radical (unpaired) electrons. The molecule has 0 aliphatic heterocycles. The van der Waals surface area contributed by atoms with E-state index in [1.807, 2.05) is 37.3 Å². The average Bonchev–Trinajstić information content (AvgIpc) is 2.65. The third kappa shape index (κ3) is 5.65. The van der Waals surface area contributed by atoms with Crippen LogP contribution in [0.3, 0.4) is 0 Å². The molecule has 1 atom stereocenters. The maximum absolute atomic E-state index is 13.6. The number of ether oxygens (including phenoxy) is 2. The monoisotopic (exact) mass is 359 g/mol. The van der Waals surface area contributed by atoms with E-state index in [9.17, 15) is 4.39 Å². The molecule has 1 unspecified atom stereocenters. The van der Waals surface area contributed by atoms with E-state index in [0.29, 0.717) is 36.1 Å². The van der Waals surface area contributed by atoms with Gasteiger partial charge in [0.25, 0.3) is 0 Å². The third-order valence-electron chi connectivity index (χ3n) is 3.87. The molecular formula is C20H26FN3O2. The first-order valence-electron chi connectivity index (χ1n) is 8.52. The van der Waals surface area contributed by atoms with Crippen molar-refractivity contribution >= 4 is 5.96 Å². The van der Waals surface area contributed by atoms with Crippen molar-refractivity contribution in [2.75, 3.05) is 20.7 Å². The Bertz CT molecular complexity index is 750. The summed E-state index contributed by atoms with van der Waals surface area (Å²) in [7, 11) is 3.31. The number of para-hydroxylation sites is 2. The largest absolute Gasteiger partial charge is 0.493 e. The van der Waals surface area contributed by atoms with Crippen LogP contribution >= 0.6 is 0 Å². The van der Waals surface area contributed by atoms with Gasteiger partial charge in [-0.2, -0.15) is 0 Å². The predicted octanol–water partition coefficient (Wildman–Crippen LogP) is 3.28. The van der Waals surface area contributed by atoms with Gasteiger partial charge in [0.15, 0.2) is 17.5 Å². The summed E-state index contributed by atoms with van der Waals surface area (Å²) in [5.74, 6) is 1.82. The molecule has 0 aromatic heterocycles. The fourth-order valence-corrected chi connectivity index (χ4v) is 2.37. The van der Waals surface area contributed by atoms with Crippen LogP contribution in [-0.4, -0.2) is 32.8 Å². The summed E-state index contributed by atoms with van der Waals surface area (Å²) in [6.45, 7) is 4.75. The summed E-state index contributed by atoms with van der Waals surface area (Å²) in [6.07, 6.45) is -0.0957. The van der Waals surface area contributed by atoms with Crippen molar-refractivity contribution in [2.24, 2.45) is 4.99 Å². The number of nitrogens with one attached hydrogen (secondary N) is 2. The van der Waals surface area contributed by atoms with Gasteiger partial charge in [-0.05, 0) is 43.2 Å². The summed E-state index contributed by atoms with van der Waals surface area (Å²) >= 11 is 0. The fraction of sp³-hybridized carbons (Fsp3) is 0.350. The molecule has 140 valence electrons. The lowest BCUT2D eigenvalue weighted by molar-refractivity contribution is 0.213. The maximum atomic E-state index is 13.6. The first kappa shape index (κ1) is 19.6. The van der Waals surface area contributed by atoms with Gasteiger partial charge in [-0.25, -0.2) is 4.39 Å². The van der Waals surface area contributed by atoms with E-state index in [4.69, 9.17) is 9.47 Å². The van der Waals surface area contributed by atoms with Gasteiger partial charge in [0, 0.05) is 13.6 Å². The van der Waals surface area contributed by atoms with Crippen molar-refractivity contribution in [3.63, 3.8) is 0 Å². The molecule has 0 heterocycles. The Kier molecular flexibility index (Phi) is 7.26. The van der Waals surface area contributed by atoms with Gasteiger partial charge in [-0.3, -0.25) is 4.99 Å². The molecule has 0 saturated heterocycles. The normalized spacial score (nSPS) is 12.4. The van der Waals surface area contributed by atoms with Crippen LogP contribution in [0.1, 0.15) is 18.1 Å². The van der Waals surface area contributed by atoms with Gasteiger partial charge in [0.05, 0.1) is 13.7 Å². The molecule has 0 bridgehead atoms. The highest BCUT2D eigenvalue weighted by Gasteiger charge is 2.09. The van der Waals surface area contributed by atoms with Crippen LogP contribution in [0, 0.1) is 12.7 Å². The zero-order valence-corrected chi connectivity index (χ0v) is 15.7. The lowest BCUT2D eigenvalue weighted by Crippen LogP contribution is -2.41. The quantitative estimate of drug-likeness (QED) is 0.588. The van der Waals surface area contributed by atoms with Crippen LogP contribution in [-0.2, 0) is 6.54 Å². The van der Waals surface area contributed by atoms with E-state index in [-0.39, 0.29) is 11.9 Å². The van der Waals surface area contributed by atoms with E-state index in [0.717, 1.165) is 5.56 Å². The van der Waals surface area contributed by atoms with Gasteiger partial charge >= 0.3 is 0 Å². The number of aryl methyl sites for hydroxylation is 1. The Labute approximate surface area is 154 Å². The summed E-state index contributed by atoms with van der Waals surface area (Å²) in [4.78, 5) is 4.18. The number of hydrogen-bond donors (Lipinski definition) is 2. The lowest BCUT2D eigenvalue weighted by atomic mass is 10.1. The van der Waals surface area contributed by atoms with Gasteiger partial charge in [0.2, 0.25) is 0 Å². The van der Waals surface area contributed by atoms with Gasteiger partial charge < -0.3 is 20.1 Å². The molecule has 5 nitrogen and oxygen atoms in total. The molecule has 0 spiro atoms. The zero-order chi connectivity index (χ0) is 18.9. The zero-order valence-electron chi connectivity index (χ0n) is 15.7. The van der Waals surface area contributed by atoms with Crippen molar-refractivity contribution in [2.45, 2.75) is 26.5 Å². The van der Waals surface area contributed by atoms with Crippen molar-refractivity contribution in [1.82, 2.24) is 10.6 Å². The Morgan fingerprint density at radius 2 is 1.88 bits per heavy atom. The second-order valence-corrected chi connectivity index (χ2v) is 5.97. The number of guanidine groups is 1. The van der Waals surface area contributed by atoms with Crippen molar-refractivity contribution in [3.8, 4) is 11.5 Å². The summed E-state index contributed by atoms with van der Waals surface area (Å²) in [6, 6.07) is 12.7. The summed E-state index contributed by atoms with van der Waals surface area (Å²) < 4.78 is 24.8. The lowest BCUT2D eigenvalue weighted by Gasteiger charge is -2.19. The van der Waals surface area contributed by atoms with Crippen LogP contribution in [0.2, 0.25) is 0 Å². The van der Waals surface area contributed by atoms with Gasteiger partial charge in [-0.15, -0.1) is 0 Å². The predicted molar refractivity (Wildman–Crippen MR) is 102 cm³/mol. The van der Waals surface area contributed by atoms with Gasteiger partial charge in [-0.1, -0.05) is 24.3 Å². The molecule has 0 saturated carbocycles. The molecule has 0 amide bonds. The van der Waals surface area contributed by atoms with Crippen molar-refractivity contribution < 1.29 is 13.9 Å². The van der Waals surface area contributed by atoms with Gasteiger partial charge in [0.1, 0.15) is 11.9 Å². The number of aliphatic imine (C=N–C) groups is 1. The molecule has 2 aromatic rings. The van der Waals surface area contributed by atoms with E-state index >= 15 is 0 Å². The van der Waals surface area contributed by atoms with Crippen LogP contribution < -0.4 is 20.1 Å². The van der Waals surface area contributed by atoms with E-state index in [1.54, 1.807) is 27.1 Å². The number of benzene rings is 2. The molecular weight excluding hydrogens is 333 g/mol. The highest BCUT2D eigenvalue weighted by Crippen LogP contribution is 2.26. The molecule has 2 N–H and O–H groups in total. The van der Waals surface area contributed by atoms with Crippen LogP contribution in [0.5, 0.6) is 11.5 Å². The van der Waals surface area contributed by atoms with Crippen molar-refractivity contribution in [1.29, 1.82) is 0 Å². The van der Waals surface area contributed by atoms with Crippen molar-refractivity contribution in [3.05, 3.63) is 59.4 Å². The molecule has 0 fully saturated rings. The number of halogens is 1. The maximum Gasteiger partial charge on any atom is 0.191 e. The van der Waals surface area contributed by atoms with E-state index in [2.05, 4.69) is 15.6 Å². The molecule has 2 rings (SSSR count). The molecule has 2 aromatic carbocycles. The Morgan fingerprint density at radius 1 is 1.15 bits per heavy atom. The fourth-order valence-electron chi connectivity index (χ4n) is 2.37. The SMILES string of the molecule is CN=C(NCc1ccc(C)c(F)c1)NCC(C)Oc1ccccc1OC. The Morgan fingerprint density at radius 3 is 2.54 bits per heavy atom. The molecule has 6 heteroatoms. The number of hydrogen-bond acceptors (Lipinski definition) is 3. The van der Waals surface area contributed by atoms with E-state index < -0.39 is 0 Å². The topological polar surface area (TPSA) is 54.9 Å². The summed E-state index contributed by atoms with van der Waals surface area (Å²) in [5, 5.41) is 6.37. The first-order chi connectivity index (χ1) is 12.5. The minimum absolute atomic E-state index is 0.0957. The minimum atomic E-state index is -0.203. The second kappa shape index (κ2) is 9.65. The number of nitrogens with zero attached hydrogens (tertiary/aromatic N) is 1. The molecule has 0 aliphatic carbocycles.